The van der Waals surface area contributed by atoms with Gasteiger partial charge < -0.3 is 10.6 Å². The van der Waals surface area contributed by atoms with Crippen molar-refractivity contribution in [1.82, 2.24) is 15.3 Å². The van der Waals surface area contributed by atoms with E-state index in [1.165, 1.54) is 29.8 Å². The Kier molecular flexibility index (Phi) is 6.12. The molecule has 0 fully saturated rings. The number of halogens is 1. The molecule has 0 radical (unpaired) electrons. The van der Waals surface area contributed by atoms with E-state index in [4.69, 9.17) is 0 Å². The van der Waals surface area contributed by atoms with Gasteiger partial charge in [0.15, 0.2) is 0 Å². The topological polar surface area (TPSA) is 66.9 Å². The summed E-state index contributed by atoms with van der Waals surface area (Å²) in [5.41, 5.74) is 1.87. The molecule has 0 aliphatic carbocycles. The van der Waals surface area contributed by atoms with E-state index in [1.54, 1.807) is 12.1 Å². The van der Waals surface area contributed by atoms with Crippen LogP contribution in [0.2, 0.25) is 0 Å². The summed E-state index contributed by atoms with van der Waals surface area (Å²) < 4.78 is 13.2. The van der Waals surface area contributed by atoms with E-state index >= 15 is 0 Å². The molecular weight excluding hydrogens is 351 g/mol. The van der Waals surface area contributed by atoms with Crippen molar-refractivity contribution >= 4 is 33.3 Å². The van der Waals surface area contributed by atoms with E-state index in [2.05, 4.69) is 27.5 Å². The largest absolute Gasteiger partial charge is 0.369 e. The summed E-state index contributed by atoms with van der Waals surface area (Å²) in [6, 6.07) is 6.37. The highest BCUT2D eigenvalue weighted by atomic mass is 32.1. The molecule has 0 bridgehead atoms. The molecule has 0 spiro atoms. The van der Waals surface area contributed by atoms with Crippen molar-refractivity contribution in [3.8, 4) is 11.1 Å². The second-order valence-electron chi connectivity index (χ2n) is 5.94. The van der Waals surface area contributed by atoms with Crippen molar-refractivity contribution in [3.05, 3.63) is 41.8 Å². The molecule has 2 heterocycles. The van der Waals surface area contributed by atoms with Crippen LogP contribution in [0, 0.1) is 5.82 Å². The molecule has 1 amide bonds. The summed E-state index contributed by atoms with van der Waals surface area (Å²) in [7, 11) is 0. The molecule has 0 unspecified atom stereocenters. The third kappa shape index (κ3) is 4.35. The number of amides is 1. The van der Waals surface area contributed by atoms with E-state index in [0.29, 0.717) is 25.3 Å². The quantitative estimate of drug-likeness (QED) is 0.581. The van der Waals surface area contributed by atoms with Gasteiger partial charge in [-0.1, -0.05) is 25.5 Å². The standard InChI is InChI=1S/C19H21FN4OS/c1-2-3-9-21-16(25)8-10-22-18-17-15(11-26-19(17)24-12-23-18)13-4-6-14(20)7-5-13/h4-7,11-12H,2-3,8-10H2,1H3,(H,21,25)(H,22,23,24). The fourth-order valence-electron chi connectivity index (χ4n) is 2.64. The number of fused-ring (bicyclic) bond motifs is 1. The number of nitrogens with zero attached hydrogens (tertiary/aromatic N) is 2. The normalized spacial score (nSPS) is 10.8. The molecule has 0 atom stereocenters. The van der Waals surface area contributed by atoms with Gasteiger partial charge >= 0.3 is 0 Å². The average molecular weight is 372 g/mol. The lowest BCUT2D eigenvalue weighted by Crippen LogP contribution is -2.26. The summed E-state index contributed by atoms with van der Waals surface area (Å²) in [6.07, 6.45) is 3.94. The number of carbonyl (C=O) groups excluding carboxylic acids is 1. The van der Waals surface area contributed by atoms with Crippen LogP contribution in [0.4, 0.5) is 10.2 Å². The van der Waals surface area contributed by atoms with Gasteiger partial charge in [0.2, 0.25) is 5.91 Å². The Labute approximate surface area is 155 Å². The van der Waals surface area contributed by atoms with E-state index < -0.39 is 0 Å². The first-order valence-corrected chi connectivity index (χ1v) is 9.55. The first-order chi connectivity index (χ1) is 12.7. The van der Waals surface area contributed by atoms with Crippen molar-refractivity contribution in [2.24, 2.45) is 0 Å². The van der Waals surface area contributed by atoms with E-state index in [9.17, 15) is 9.18 Å². The summed E-state index contributed by atoms with van der Waals surface area (Å²) in [6.45, 7) is 3.29. The van der Waals surface area contributed by atoms with Gasteiger partial charge in [-0.15, -0.1) is 11.3 Å². The number of carbonyl (C=O) groups is 1. The van der Waals surface area contributed by atoms with Gasteiger partial charge in [-0.3, -0.25) is 4.79 Å². The first-order valence-electron chi connectivity index (χ1n) is 8.67. The fourth-order valence-corrected chi connectivity index (χ4v) is 3.55. The zero-order valence-corrected chi connectivity index (χ0v) is 15.4. The van der Waals surface area contributed by atoms with Crippen LogP contribution in [0.3, 0.4) is 0 Å². The molecule has 2 aromatic heterocycles. The molecule has 136 valence electrons. The molecule has 5 nitrogen and oxygen atoms in total. The second kappa shape index (κ2) is 8.71. The Morgan fingerprint density at radius 3 is 2.77 bits per heavy atom. The van der Waals surface area contributed by atoms with Gasteiger partial charge in [-0.25, -0.2) is 14.4 Å². The molecule has 0 aliphatic rings. The molecule has 3 aromatic rings. The van der Waals surface area contributed by atoms with Crippen LogP contribution in [-0.4, -0.2) is 29.0 Å². The number of benzene rings is 1. The molecule has 3 rings (SSSR count). The van der Waals surface area contributed by atoms with E-state index in [-0.39, 0.29) is 11.7 Å². The maximum Gasteiger partial charge on any atom is 0.221 e. The van der Waals surface area contributed by atoms with Crippen molar-refractivity contribution < 1.29 is 9.18 Å². The van der Waals surface area contributed by atoms with Crippen LogP contribution < -0.4 is 10.6 Å². The lowest BCUT2D eigenvalue weighted by atomic mass is 10.1. The Bertz CT molecular complexity index is 879. The van der Waals surface area contributed by atoms with Crippen molar-refractivity contribution in [3.63, 3.8) is 0 Å². The zero-order valence-electron chi connectivity index (χ0n) is 14.6. The number of anilines is 1. The van der Waals surface area contributed by atoms with Gasteiger partial charge in [0.1, 0.15) is 22.8 Å². The monoisotopic (exact) mass is 372 g/mol. The Morgan fingerprint density at radius 2 is 2.00 bits per heavy atom. The van der Waals surface area contributed by atoms with Crippen LogP contribution in [-0.2, 0) is 4.79 Å². The molecule has 2 N–H and O–H groups in total. The second-order valence-corrected chi connectivity index (χ2v) is 6.80. The predicted octanol–water partition coefficient (Wildman–Crippen LogP) is 4.22. The Morgan fingerprint density at radius 1 is 1.19 bits per heavy atom. The number of nitrogens with one attached hydrogen (secondary N) is 2. The van der Waals surface area contributed by atoms with Crippen LogP contribution in [0.1, 0.15) is 26.2 Å². The average Bonchev–Trinajstić information content (AvgIpc) is 3.08. The summed E-state index contributed by atoms with van der Waals surface area (Å²) in [4.78, 5) is 21.3. The minimum absolute atomic E-state index is 0.0281. The lowest BCUT2D eigenvalue weighted by molar-refractivity contribution is -0.120. The summed E-state index contributed by atoms with van der Waals surface area (Å²) in [5, 5.41) is 9.03. The van der Waals surface area contributed by atoms with E-state index in [1.807, 2.05) is 5.38 Å². The summed E-state index contributed by atoms with van der Waals surface area (Å²) >= 11 is 1.52. The van der Waals surface area contributed by atoms with Gasteiger partial charge in [-0.2, -0.15) is 0 Å². The van der Waals surface area contributed by atoms with Gasteiger partial charge in [-0.05, 0) is 24.1 Å². The predicted molar refractivity (Wildman–Crippen MR) is 104 cm³/mol. The van der Waals surface area contributed by atoms with Crippen LogP contribution >= 0.6 is 11.3 Å². The highest BCUT2D eigenvalue weighted by molar-refractivity contribution is 7.17. The molecule has 0 saturated carbocycles. The number of hydrogen-bond donors (Lipinski definition) is 2. The highest BCUT2D eigenvalue weighted by Gasteiger charge is 2.13. The molecular formula is C19H21FN4OS. The molecule has 26 heavy (non-hydrogen) atoms. The maximum atomic E-state index is 13.2. The van der Waals surface area contributed by atoms with Crippen LogP contribution in [0.25, 0.3) is 21.3 Å². The number of aromatic nitrogens is 2. The van der Waals surface area contributed by atoms with Crippen molar-refractivity contribution in [1.29, 1.82) is 0 Å². The van der Waals surface area contributed by atoms with Crippen LogP contribution in [0.15, 0.2) is 36.0 Å². The van der Waals surface area contributed by atoms with Gasteiger partial charge in [0, 0.05) is 30.5 Å². The zero-order chi connectivity index (χ0) is 18.4. The smallest absolute Gasteiger partial charge is 0.221 e. The molecule has 7 heteroatoms. The third-order valence-corrected chi connectivity index (χ3v) is 4.91. The number of rotatable bonds is 8. The Hall–Kier alpha value is -2.54. The maximum absolute atomic E-state index is 13.2. The summed E-state index contributed by atoms with van der Waals surface area (Å²) in [5.74, 6) is 0.453. The SMILES string of the molecule is CCCCNC(=O)CCNc1ncnc2scc(-c3ccc(F)cc3)c12. The van der Waals surface area contributed by atoms with Crippen LogP contribution in [0.5, 0.6) is 0 Å². The molecule has 0 saturated heterocycles. The lowest BCUT2D eigenvalue weighted by Gasteiger charge is -2.09. The minimum atomic E-state index is -0.267. The van der Waals surface area contributed by atoms with E-state index in [0.717, 1.165) is 34.2 Å². The number of unbranched alkanes of at least 4 members (excludes halogenated alkanes) is 1. The van der Waals surface area contributed by atoms with Gasteiger partial charge in [0.05, 0.1) is 5.39 Å². The van der Waals surface area contributed by atoms with Crippen molar-refractivity contribution in [2.75, 3.05) is 18.4 Å². The Balaban J connectivity index is 1.73. The van der Waals surface area contributed by atoms with Crippen molar-refractivity contribution in [2.45, 2.75) is 26.2 Å². The number of thiophene rings is 1. The first kappa shape index (κ1) is 18.3. The number of hydrogen-bond acceptors (Lipinski definition) is 5. The minimum Gasteiger partial charge on any atom is -0.369 e. The highest BCUT2D eigenvalue weighted by Crippen LogP contribution is 2.36. The fraction of sp³-hybridized carbons (Fsp3) is 0.316. The third-order valence-electron chi connectivity index (χ3n) is 4.02. The molecule has 1 aromatic carbocycles. The van der Waals surface area contributed by atoms with Gasteiger partial charge in [0.25, 0.3) is 0 Å². The molecule has 0 aliphatic heterocycles.